The van der Waals surface area contributed by atoms with E-state index in [2.05, 4.69) is 39.9 Å². The fraction of sp³-hybridized carbons (Fsp3) is 0.500. The summed E-state index contributed by atoms with van der Waals surface area (Å²) in [5.74, 6) is 0.764. The minimum atomic E-state index is -0.526. The lowest BCUT2D eigenvalue weighted by atomic mass is 9.86. The van der Waals surface area contributed by atoms with Crippen LogP contribution in [-0.2, 0) is 21.4 Å². The van der Waals surface area contributed by atoms with Crippen molar-refractivity contribution in [1.29, 1.82) is 0 Å². The first kappa shape index (κ1) is 26.4. The van der Waals surface area contributed by atoms with Gasteiger partial charge in [0.25, 0.3) is 5.91 Å². The first-order valence-electron chi connectivity index (χ1n) is 12.0. The number of carbonyl (C=O) groups excluding carboxylic acids is 2. The number of para-hydroxylation sites is 1. The van der Waals surface area contributed by atoms with Gasteiger partial charge in [0.15, 0.2) is 6.61 Å². The van der Waals surface area contributed by atoms with Crippen LogP contribution in [0.5, 0.6) is 5.75 Å². The van der Waals surface area contributed by atoms with Gasteiger partial charge < -0.3 is 15.0 Å². The number of benzene rings is 2. The van der Waals surface area contributed by atoms with E-state index in [1.54, 1.807) is 4.90 Å². The summed E-state index contributed by atoms with van der Waals surface area (Å²) in [5, 5.41) is 3.00. The van der Waals surface area contributed by atoms with E-state index in [1.807, 2.05) is 61.5 Å². The molecule has 0 bridgehead atoms. The van der Waals surface area contributed by atoms with Gasteiger partial charge in [-0.3, -0.25) is 9.59 Å². The molecule has 0 aliphatic carbocycles. The first-order chi connectivity index (χ1) is 15.6. The molecule has 0 radical (unpaired) electrons. The van der Waals surface area contributed by atoms with E-state index in [1.165, 1.54) is 0 Å². The molecule has 2 aromatic rings. The van der Waals surface area contributed by atoms with Gasteiger partial charge in [-0.15, -0.1) is 0 Å². The van der Waals surface area contributed by atoms with Gasteiger partial charge in [-0.05, 0) is 41.4 Å². The van der Waals surface area contributed by atoms with Gasteiger partial charge >= 0.3 is 0 Å². The highest BCUT2D eigenvalue weighted by Gasteiger charge is 2.29. The Kier molecular flexibility index (Phi) is 9.95. The lowest BCUT2D eigenvalue weighted by Gasteiger charge is -2.31. The Balaban J connectivity index is 2.19. The predicted octanol–water partition coefficient (Wildman–Crippen LogP) is 4.99. The van der Waals surface area contributed by atoms with Crippen LogP contribution in [0, 0.1) is 5.92 Å². The third-order valence-corrected chi connectivity index (χ3v) is 5.60. The van der Waals surface area contributed by atoms with Gasteiger partial charge in [-0.25, -0.2) is 0 Å². The molecule has 0 saturated carbocycles. The van der Waals surface area contributed by atoms with Gasteiger partial charge in [0.1, 0.15) is 11.8 Å². The van der Waals surface area contributed by atoms with Crippen LogP contribution in [0.15, 0.2) is 54.6 Å². The molecule has 2 rings (SSSR count). The molecule has 2 aromatic carbocycles. The molecule has 0 aromatic heterocycles. The molecule has 0 unspecified atom stereocenters. The summed E-state index contributed by atoms with van der Waals surface area (Å²) in [6, 6.07) is 17.3. The molecule has 1 N–H and O–H groups in total. The Labute approximate surface area is 199 Å². The van der Waals surface area contributed by atoms with Crippen molar-refractivity contribution in [3.8, 4) is 5.75 Å². The van der Waals surface area contributed by atoms with E-state index < -0.39 is 6.04 Å². The maximum atomic E-state index is 13.4. The van der Waals surface area contributed by atoms with E-state index in [9.17, 15) is 9.59 Å². The third-order valence-electron chi connectivity index (χ3n) is 5.60. The van der Waals surface area contributed by atoms with Gasteiger partial charge in [0.2, 0.25) is 5.91 Å². The topological polar surface area (TPSA) is 58.6 Å². The molecule has 33 heavy (non-hydrogen) atoms. The van der Waals surface area contributed by atoms with Crippen LogP contribution in [0.3, 0.4) is 0 Å². The van der Waals surface area contributed by atoms with Crippen molar-refractivity contribution < 1.29 is 14.3 Å². The van der Waals surface area contributed by atoms with Crippen LogP contribution >= 0.6 is 0 Å². The standard InChI is InChI=1S/C28H40N2O3/c1-7-24(27(32)29-19-21(2)3)30(18-17-22-13-9-8-10-14-22)26(31)20-33-25-16-12-11-15-23(25)28(4,5)6/h8-16,21,24H,7,17-20H2,1-6H3,(H,29,32)/t24-/m0/s1. The maximum absolute atomic E-state index is 13.4. The smallest absolute Gasteiger partial charge is 0.261 e. The van der Waals surface area contributed by atoms with E-state index in [4.69, 9.17) is 4.74 Å². The lowest BCUT2D eigenvalue weighted by molar-refractivity contribution is -0.142. The average molecular weight is 453 g/mol. The number of amides is 2. The second kappa shape index (κ2) is 12.4. The Bertz CT molecular complexity index is 888. The van der Waals surface area contributed by atoms with E-state index in [-0.39, 0.29) is 23.8 Å². The second-order valence-electron chi connectivity index (χ2n) is 9.92. The monoisotopic (exact) mass is 452 g/mol. The largest absolute Gasteiger partial charge is 0.483 e. The van der Waals surface area contributed by atoms with Crippen molar-refractivity contribution in [2.24, 2.45) is 5.92 Å². The molecule has 0 aliphatic rings. The van der Waals surface area contributed by atoms with Gasteiger partial charge in [-0.1, -0.05) is 90.1 Å². The summed E-state index contributed by atoms with van der Waals surface area (Å²) in [7, 11) is 0. The molecule has 0 fully saturated rings. The zero-order chi connectivity index (χ0) is 24.4. The van der Waals surface area contributed by atoms with Crippen molar-refractivity contribution in [3.05, 3.63) is 65.7 Å². The van der Waals surface area contributed by atoms with Crippen LogP contribution in [0.25, 0.3) is 0 Å². The summed E-state index contributed by atoms with van der Waals surface area (Å²) in [5.41, 5.74) is 2.08. The van der Waals surface area contributed by atoms with Gasteiger partial charge in [-0.2, -0.15) is 0 Å². The number of hydrogen-bond donors (Lipinski definition) is 1. The van der Waals surface area contributed by atoms with Crippen molar-refractivity contribution in [3.63, 3.8) is 0 Å². The molecule has 5 nitrogen and oxygen atoms in total. The van der Waals surface area contributed by atoms with Crippen molar-refractivity contribution in [2.75, 3.05) is 19.7 Å². The number of nitrogens with zero attached hydrogens (tertiary/aromatic N) is 1. The van der Waals surface area contributed by atoms with E-state index >= 15 is 0 Å². The molecule has 180 valence electrons. The Morgan fingerprint density at radius 2 is 1.64 bits per heavy atom. The van der Waals surface area contributed by atoms with E-state index in [0.717, 1.165) is 11.1 Å². The molecular formula is C28H40N2O3. The van der Waals surface area contributed by atoms with Crippen molar-refractivity contribution in [2.45, 2.75) is 65.8 Å². The SMILES string of the molecule is CC[C@@H](C(=O)NCC(C)C)N(CCc1ccccc1)C(=O)COc1ccccc1C(C)(C)C. The minimum Gasteiger partial charge on any atom is -0.483 e. The normalized spacial score (nSPS) is 12.3. The number of carbonyl (C=O) groups is 2. The number of nitrogens with one attached hydrogen (secondary N) is 1. The van der Waals surface area contributed by atoms with E-state index in [0.29, 0.717) is 37.6 Å². The molecule has 0 heterocycles. The molecule has 5 heteroatoms. The summed E-state index contributed by atoms with van der Waals surface area (Å²) in [6.07, 6.45) is 1.22. The highest BCUT2D eigenvalue weighted by molar-refractivity contribution is 5.88. The quantitative estimate of drug-likeness (QED) is 0.523. The van der Waals surface area contributed by atoms with Crippen LogP contribution in [0.1, 0.15) is 59.1 Å². The summed E-state index contributed by atoms with van der Waals surface area (Å²) < 4.78 is 6.01. The second-order valence-corrected chi connectivity index (χ2v) is 9.92. The summed E-state index contributed by atoms with van der Waals surface area (Å²) in [6.45, 7) is 13.4. The fourth-order valence-corrected chi connectivity index (χ4v) is 3.75. The van der Waals surface area contributed by atoms with Gasteiger partial charge in [0.05, 0.1) is 0 Å². The zero-order valence-corrected chi connectivity index (χ0v) is 21.1. The Morgan fingerprint density at radius 1 is 1.00 bits per heavy atom. The molecule has 0 spiro atoms. The summed E-state index contributed by atoms with van der Waals surface area (Å²) >= 11 is 0. The third kappa shape index (κ3) is 8.23. The van der Waals surface area contributed by atoms with Crippen LogP contribution in [0.4, 0.5) is 0 Å². The molecule has 2 amide bonds. The Morgan fingerprint density at radius 3 is 2.24 bits per heavy atom. The zero-order valence-electron chi connectivity index (χ0n) is 21.1. The average Bonchev–Trinajstić information content (AvgIpc) is 2.78. The summed E-state index contributed by atoms with van der Waals surface area (Å²) in [4.78, 5) is 28.0. The molecule has 0 saturated heterocycles. The molecular weight excluding hydrogens is 412 g/mol. The number of hydrogen-bond acceptors (Lipinski definition) is 3. The first-order valence-corrected chi connectivity index (χ1v) is 12.0. The van der Waals surface area contributed by atoms with Gasteiger partial charge in [0, 0.05) is 13.1 Å². The molecule has 0 aliphatic heterocycles. The molecule has 1 atom stereocenters. The maximum Gasteiger partial charge on any atom is 0.261 e. The van der Waals surface area contributed by atoms with Crippen LogP contribution in [-0.4, -0.2) is 42.5 Å². The number of ether oxygens (including phenoxy) is 1. The van der Waals surface area contributed by atoms with Crippen LogP contribution in [0.2, 0.25) is 0 Å². The van der Waals surface area contributed by atoms with Crippen molar-refractivity contribution in [1.82, 2.24) is 10.2 Å². The number of rotatable bonds is 11. The van der Waals surface area contributed by atoms with Crippen LogP contribution < -0.4 is 10.1 Å². The highest BCUT2D eigenvalue weighted by atomic mass is 16.5. The minimum absolute atomic E-state index is 0.101. The fourth-order valence-electron chi connectivity index (χ4n) is 3.75. The van der Waals surface area contributed by atoms with Crippen molar-refractivity contribution >= 4 is 11.8 Å². The Hall–Kier alpha value is -2.82. The predicted molar refractivity (Wildman–Crippen MR) is 134 cm³/mol. The lowest BCUT2D eigenvalue weighted by Crippen LogP contribution is -2.51. The highest BCUT2D eigenvalue weighted by Crippen LogP contribution is 2.31.